The topological polar surface area (TPSA) is 36.9 Å². The molecule has 0 fully saturated rings. The molecule has 616 valence electrons. The van der Waals surface area contributed by atoms with Gasteiger partial charge in [0.1, 0.15) is 0 Å². The summed E-state index contributed by atoms with van der Waals surface area (Å²) >= 11 is 21.9. The molecule has 0 aliphatic heterocycles. The van der Waals surface area contributed by atoms with Crippen LogP contribution in [0.5, 0.6) is 0 Å². The van der Waals surface area contributed by atoms with E-state index < -0.39 is 12.2 Å². The van der Waals surface area contributed by atoms with Crippen LogP contribution >= 0.6 is 12.2 Å². The maximum Gasteiger partial charge on any atom is 2.00 e. The van der Waals surface area contributed by atoms with Gasteiger partial charge in [0.25, 0.3) is 0 Å². The molecule has 4 nitrogen and oxygen atoms in total. The third-order valence-electron chi connectivity index (χ3n) is 22.0. The molecule has 0 radical (unpaired) electrons. The molecular weight excluding hydrogens is 1420 g/mol. The van der Waals surface area contributed by atoms with E-state index in [1.54, 1.807) is 0 Å². The molecule has 0 saturated carbocycles. The van der Waals surface area contributed by atoms with Crippen LogP contribution < -0.4 is 0 Å². The van der Waals surface area contributed by atoms with Crippen LogP contribution in [0.4, 0.5) is 0 Å². The molecule has 0 aromatic heterocycles. The third kappa shape index (κ3) is 105. The molecule has 0 aliphatic carbocycles. The molecule has 0 aliphatic rings. The summed E-state index contributed by atoms with van der Waals surface area (Å²) in [5, 5.41) is 0. The van der Waals surface area contributed by atoms with Crippen LogP contribution in [0.2, 0.25) is 0 Å². The van der Waals surface area contributed by atoms with Gasteiger partial charge in [-0.25, -0.2) is 0 Å². The maximum atomic E-state index is 5.84. The van der Waals surface area contributed by atoms with E-state index in [1.807, 2.05) is 0 Å². The van der Waals surface area contributed by atoms with E-state index in [-0.39, 0.29) is 19.5 Å². The van der Waals surface area contributed by atoms with Crippen LogP contribution in [0.25, 0.3) is 0 Å². The van der Waals surface area contributed by atoms with Crippen molar-refractivity contribution in [2.75, 3.05) is 26.4 Å². The summed E-state index contributed by atoms with van der Waals surface area (Å²) in [4.78, 5) is 0. The monoisotopic (exact) mass is 1610 g/mol. The second-order valence-corrected chi connectivity index (χ2v) is 42.5. The molecule has 0 bridgehead atoms. The second-order valence-electron chi connectivity index (χ2n) is 32.5. The summed E-state index contributed by atoms with van der Waals surface area (Å²) in [5.74, 6) is 0. The summed E-state index contributed by atoms with van der Waals surface area (Å²) in [6.45, 7) is 11.9. The Kier molecular flexibility index (Phi) is 106. The smallest absolute Gasteiger partial charge is 0.516 e. The zero-order valence-corrected chi connectivity index (χ0v) is 79.1. The number of hydrogen-bond acceptors (Lipinski definition) is 8. The van der Waals surface area contributed by atoms with Crippen molar-refractivity contribution in [2.45, 2.75) is 567 Å². The van der Waals surface area contributed by atoms with Gasteiger partial charge in [-0.15, -0.1) is 0 Å². The van der Waals surface area contributed by atoms with Crippen LogP contribution in [0.1, 0.15) is 567 Å². The van der Waals surface area contributed by atoms with Crippen LogP contribution in [0.3, 0.4) is 0 Å². The predicted octanol–water partition coefficient (Wildman–Crippen LogP) is 36.4. The Hall–Kier alpha value is 2.72. The molecule has 0 N–H and O–H groups in total. The normalized spacial score (nSPS) is 11.9. The van der Waals surface area contributed by atoms with Gasteiger partial charge in [-0.1, -0.05) is 541 Å². The summed E-state index contributed by atoms with van der Waals surface area (Å²) < 4.78 is 23.3. The minimum Gasteiger partial charge on any atom is -0.516 e. The van der Waals surface area contributed by atoms with Gasteiger partial charge in [-0.05, 0) is 25.7 Å². The van der Waals surface area contributed by atoms with Gasteiger partial charge in [0.15, 0.2) is 0 Å². The van der Waals surface area contributed by atoms with Gasteiger partial charge in [0.05, 0.1) is 26.4 Å². The first-order chi connectivity index (χ1) is 50.2. The van der Waals surface area contributed by atoms with Crippen molar-refractivity contribution >= 4 is 61.2 Å². The average Bonchev–Trinajstić information content (AvgIpc) is 1.63. The van der Waals surface area contributed by atoms with Gasteiger partial charge in [0, 0.05) is 12.2 Å². The third-order valence-corrected chi connectivity index (χ3v) is 26.5. The molecule has 0 saturated heterocycles. The SMILES string of the molecule is CCCCCCCCCCCCCCCCCCCCCCCO[P+]([S-])([S-])OCCCCCCCCCCCCCCCCCCCCCCC.CCCCCCCCCCCCCCCCCCCCCCCO[P+]([S-])([S-])OCCCCCCCCCCCCCCCCCCCCCCC.[Zn+2]. The van der Waals surface area contributed by atoms with Gasteiger partial charge in [-0.3, -0.25) is 18.1 Å². The Morgan fingerprint density at radius 2 is 0.194 bits per heavy atom. The van der Waals surface area contributed by atoms with Crippen LogP contribution in [0.15, 0.2) is 0 Å². The molecule has 0 aromatic carbocycles. The van der Waals surface area contributed by atoms with E-state index in [4.69, 9.17) is 67.1 Å². The largest absolute Gasteiger partial charge is 2.00 e. The van der Waals surface area contributed by atoms with Gasteiger partial charge >= 0.3 is 19.5 Å². The zero-order valence-electron chi connectivity index (χ0n) is 71.1. The van der Waals surface area contributed by atoms with Crippen molar-refractivity contribution in [3.63, 3.8) is 0 Å². The fourth-order valence-electron chi connectivity index (χ4n) is 14.9. The molecule has 0 aromatic rings. The Balaban J connectivity index is -0.00000192. The molecule has 0 rings (SSSR count). The summed E-state index contributed by atoms with van der Waals surface area (Å²) in [6, 6.07) is 0. The number of rotatable bonds is 92. The van der Waals surface area contributed by atoms with E-state index >= 15 is 0 Å². The van der Waals surface area contributed by atoms with Gasteiger partial charge < -0.3 is 49.0 Å². The molecule has 0 heterocycles. The van der Waals surface area contributed by atoms with E-state index in [9.17, 15) is 0 Å². The van der Waals surface area contributed by atoms with Crippen LogP contribution in [0, 0.1) is 0 Å². The first kappa shape index (κ1) is 110. The number of hydrogen-bond donors (Lipinski definition) is 0. The summed E-state index contributed by atoms with van der Waals surface area (Å²) in [5.41, 5.74) is 0. The zero-order chi connectivity index (χ0) is 74.1. The van der Waals surface area contributed by atoms with Gasteiger partial charge in [0.2, 0.25) is 0 Å². The van der Waals surface area contributed by atoms with Crippen LogP contribution in [-0.2, 0) is 86.6 Å². The Labute approximate surface area is 686 Å². The van der Waals surface area contributed by atoms with Crippen LogP contribution in [-0.4, -0.2) is 26.4 Å². The fraction of sp³-hybridized carbons (Fsp3) is 1.00. The molecule has 103 heavy (non-hydrogen) atoms. The standard InChI is InChI=1S/2C46H95O2PS2.Zn/c2*1-3-5-7-9-11-13-15-17-19-21-23-25-27-29-31-33-35-37-39-41-43-45-47-49(50,51)48-46-44-42-40-38-36-34-32-30-28-26-24-22-20-18-16-14-12-10-8-6-4-2;/h2*3-46H2,1-2H3,(H,50,51);/q;;+2/p-2. The van der Waals surface area contributed by atoms with Crippen molar-refractivity contribution < 1.29 is 37.6 Å². The van der Waals surface area contributed by atoms with Crippen molar-refractivity contribution in [1.29, 1.82) is 0 Å². The Morgan fingerprint density at radius 3 is 0.272 bits per heavy atom. The number of unbranched alkanes of at least 4 members (excludes halogenated alkanes) is 80. The van der Waals surface area contributed by atoms with Crippen molar-refractivity contribution in [3.8, 4) is 0 Å². The molecular formula is C92H188O4P2S4Zn. The summed E-state index contributed by atoms with van der Waals surface area (Å²) in [6.07, 6.45) is 113. The van der Waals surface area contributed by atoms with Gasteiger partial charge in [-0.2, -0.15) is 0 Å². The Morgan fingerprint density at radius 1 is 0.126 bits per heavy atom. The fourth-order valence-corrected chi connectivity index (χ4v) is 18.3. The Bertz CT molecular complexity index is 1250. The van der Waals surface area contributed by atoms with Crippen molar-refractivity contribution in [2.24, 2.45) is 0 Å². The maximum absolute atomic E-state index is 5.84. The minimum absolute atomic E-state index is 0. The molecule has 0 unspecified atom stereocenters. The first-order valence-electron chi connectivity index (χ1n) is 47.4. The van der Waals surface area contributed by atoms with Crippen molar-refractivity contribution in [3.05, 3.63) is 0 Å². The molecule has 0 spiro atoms. The molecule has 0 atom stereocenters. The minimum atomic E-state index is -2.47. The second kappa shape index (κ2) is 98.9. The van der Waals surface area contributed by atoms with E-state index in [0.29, 0.717) is 26.4 Å². The predicted molar refractivity (Wildman–Crippen MR) is 478 cm³/mol. The molecule has 0 amide bonds. The summed E-state index contributed by atoms with van der Waals surface area (Å²) in [7, 11) is 0. The first-order valence-corrected chi connectivity index (χ1v) is 54.7. The molecule has 11 heteroatoms. The van der Waals surface area contributed by atoms with E-state index in [2.05, 4.69) is 27.7 Å². The van der Waals surface area contributed by atoms with E-state index in [1.165, 1.54) is 514 Å². The quantitative estimate of drug-likeness (QED) is 0.0258. The van der Waals surface area contributed by atoms with E-state index in [0.717, 1.165) is 25.7 Å². The van der Waals surface area contributed by atoms with Crippen molar-refractivity contribution in [1.82, 2.24) is 0 Å². The average molecular weight is 1610 g/mol.